The fourth-order valence-corrected chi connectivity index (χ4v) is 5.34. The van der Waals surface area contributed by atoms with E-state index in [1.165, 1.54) is 21.9 Å². The van der Waals surface area contributed by atoms with Crippen LogP contribution in [0.25, 0.3) is 54.9 Å². The number of aromatic nitrogens is 1. The molecule has 0 saturated carbocycles. The summed E-state index contributed by atoms with van der Waals surface area (Å²) in [6.07, 6.45) is 2.78. The predicted molar refractivity (Wildman–Crippen MR) is 146 cm³/mol. The SMILES string of the molecule is Cc1c(CC(C)C)oc2cc3c(cc12)oc1ccnc(-c2cc(C(C)(C)C)c4ccccc4c2)c13. The summed E-state index contributed by atoms with van der Waals surface area (Å²) in [5.41, 5.74) is 7.23. The Morgan fingerprint density at radius 3 is 2.34 bits per heavy atom. The second-order valence-electron chi connectivity index (χ2n) is 11.2. The monoisotopic (exact) mass is 461 g/mol. The second-order valence-corrected chi connectivity index (χ2v) is 11.2. The van der Waals surface area contributed by atoms with E-state index in [1.807, 2.05) is 12.3 Å². The van der Waals surface area contributed by atoms with Gasteiger partial charge in [-0.25, -0.2) is 0 Å². The number of aryl methyl sites for hydroxylation is 1. The van der Waals surface area contributed by atoms with Crippen LogP contribution in [0, 0.1) is 12.8 Å². The molecule has 0 N–H and O–H groups in total. The van der Waals surface area contributed by atoms with Crippen molar-refractivity contribution in [3.8, 4) is 11.3 Å². The molecule has 0 atom stereocenters. The molecular formula is C32H31NO2. The molecule has 3 aromatic carbocycles. The topological polar surface area (TPSA) is 39.2 Å². The number of benzene rings is 3. The molecule has 0 saturated heterocycles. The van der Waals surface area contributed by atoms with Crippen molar-refractivity contribution in [1.82, 2.24) is 4.98 Å². The van der Waals surface area contributed by atoms with Crippen molar-refractivity contribution in [2.75, 3.05) is 0 Å². The van der Waals surface area contributed by atoms with E-state index in [0.717, 1.165) is 56.3 Å². The Balaban J connectivity index is 1.64. The number of hydrogen-bond donors (Lipinski definition) is 0. The summed E-state index contributed by atoms with van der Waals surface area (Å²) in [7, 11) is 0. The second kappa shape index (κ2) is 7.71. The van der Waals surface area contributed by atoms with Gasteiger partial charge in [-0.3, -0.25) is 4.98 Å². The van der Waals surface area contributed by atoms with Crippen molar-refractivity contribution in [1.29, 1.82) is 0 Å². The van der Waals surface area contributed by atoms with E-state index >= 15 is 0 Å². The first-order chi connectivity index (χ1) is 16.7. The van der Waals surface area contributed by atoms with Gasteiger partial charge in [-0.05, 0) is 70.5 Å². The number of furan rings is 2. The molecule has 3 heterocycles. The van der Waals surface area contributed by atoms with Crippen LogP contribution in [0.2, 0.25) is 0 Å². The lowest BCUT2D eigenvalue weighted by atomic mass is 9.82. The first kappa shape index (κ1) is 21.9. The number of rotatable bonds is 3. The van der Waals surface area contributed by atoms with Crippen molar-refractivity contribution in [3.63, 3.8) is 0 Å². The van der Waals surface area contributed by atoms with Crippen LogP contribution in [0.5, 0.6) is 0 Å². The summed E-state index contributed by atoms with van der Waals surface area (Å²) < 4.78 is 12.7. The summed E-state index contributed by atoms with van der Waals surface area (Å²) in [5, 5.41) is 5.73. The maximum Gasteiger partial charge on any atom is 0.139 e. The van der Waals surface area contributed by atoms with E-state index in [4.69, 9.17) is 13.8 Å². The zero-order valence-electron chi connectivity index (χ0n) is 21.3. The largest absolute Gasteiger partial charge is 0.461 e. The lowest BCUT2D eigenvalue weighted by Crippen LogP contribution is -2.12. The number of fused-ring (bicyclic) bond motifs is 5. The van der Waals surface area contributed by atoms with Crippen molar-refractivity contribution in [3.05, 3.63) is 77.7 Å². The molecule has 3 nitrogen and oxygen atoms in total. The van der Waals surface area contributed by atoms with Crippen molar-refractivity contribution >= 4 is 43.7 Å². The lowest BCUT2D eigenvalue weighted by Gasteiger charge is -2.22. The standard InChI is InChI=1S/C32H31NO2/c1-18(2)13-27-19(3)23-16-29-24(17-28(23)35-27)30-26(34-29)11-12-33-31(30)21-14-20-9-7-8-10-22(20)25(15-21)32(4,5)6/h7-12,14-18H,13H2,1-6H3. The van der Waals surface area contributed by atoms with Crippen LogP contribution in [0.1, 0.15) is 51.5 Å². The van der Waals surface area contributed by atoms with Crippen LogP contribution in [0.15, 0.2) is 69.6 Å². The van der Waals surface area contributed by atoms with Gasteiger partial charge in [0.2, 0.25) is 0 Å². The quantitative estimate of drug-likeness (QED) is 0.263. The molecule has 176 valence electrons. The van der Waals surface area contributed by atoms with Gasteiger partial charge >= 0.3 is 0 Å². The van der Waals surface area contributed by atoms with Gasteiger partial charge in [0.1, 0.15) is 22.5 Å². The molecule has 0 aliphatic rings. The van der Waals surface area contributed by atoms with Crippen molar-refractivity contribution in [2.24, 2.45) is 5.92 Å². The summed E-state index contributed by atoms with van der Waals surface area (Å²) in [6.45, 7) is 13.4. The molecule has 0 fully saturated rings. The highest BCUT2D eigenvalue weighted by molar-refractivity contribution is 6.15. The molecule has 6 rings (SSSR count). The molecule has 0 unspecified atom stereocenters. The van der Waals surface area contributed by atoms with E-state index in [2.05, 4.69) is 90.1 Å². The Kier molecular flexibility index (Phi) is 4.83. The highest BCUT2D eigenvalue weighted by Gasteiger charge is 2.22. The molecule has 0 radical (unpaired) electrons. The zero-order valence-corrected chi connectivity index (χ0v) is 21.3. The van der Waals surface area contributed by atoms with Gasteiger partial charge in [0.05, 0.1) is 11.1 Å². The Bertz CT molecular complexity index is 1740. The van der Waals surface area contributed by atoms with E-state index < -0.39 is 0 Å². The van der Waals surface area contributed by atoms with Crippen molar-refractivity contribution in [2.45, 2.75) is 53.4 Å². The molecule has 3 aromatic heterocycles. The van der Waals surface area contributed by atoms with Crippen LogP contribution in [-0.2, 0) is 11.8 Å². The highest BCUT2D eigenvalue weighted by atomic mass is 16.3. The van der Waals surface area contributed by atoms with Gasteiger partial charge in [0, 0.05) is 29.0 Å². The highest BCUT2D eigenvalue weighted by Crippen LogP contribution is 2.41. The molecular weight excluding hydrogens is 430 g/mol. The molecule has 3 heteroatoms. The fraction of sp³-hybridized carbons (Fsp3) is 0.281. The lowest BCUT2D eigenvalue weighted by molar-refractivity contribution is 0.496. The third-order valence-corrected chi connectivity index (χ3v) is 7.08. The predicted octanol–water partition coefficient (Wildman–Crippen LogP) is 9.35. The third-order valence-electron chi connectivity index (χ3n) is 7.08. The number of hydrogen-bond acceptors (Lipinski definition) is 3. The Hall–Kier alpha value is -3.59. The molecule has 35 heavy (non-hydrogen) atoms. The number of nitrogens with zero attached hydrogens (tertiary/aromatic N) is 1. The zero-order chi connectivity index (χ0) is 24.5. The van der Waals surface area contributed by atoms with Crippen LogP contribution >= 0.6 is 0 Å². The molecule has 6 aromatic rings. The minimum Gasteiger partial charge on any atom is -0.461 e. The summed E-state index contributed by atoms with van der Waals surface area (Å²) in [4.78, 5) is 4.88. The van der Waals surface area contributed by atoms with E-state index in [9.17, 15) is 0 Å². The molecule has 0 bridgehead atoms. The Labute approximate surface area is 205 Å². The van der Waals surface area contributed by atoms with Crippen LogP contribution in [-0.4, -0.2) is 4.98 Å². The van der Waals surface area contributed by atoms with Crippen LogP contribution in [0.3, 0.4) is 0 Å². The third kappa shape index (κ3) is 3.53. The first-order valence-electron chi connectivity index (χ1n) is 12.5. The molecule has 0 aliphatic carbocycles. The maximum absolute atomic E-state index is 6.37. The summed E-state index contributed by atoms with van der Waals surface area (Å²) in [6, 6.07) is 19.4. The average molecular weight is 462 g/mol. The maximum atomic E-state index is 6.37. The van der Waals surface area contributed by atoms with E-state index in [1.54, 1.807) is 0 Å². The molecule has 0 aliphatic heterocycles. The van der Waals surface area contributed by atoms with Crippen molar-refractivity contribution < 1.29 is 8.83 Å². The minimum absolute atomic E-state index is 0.00660. The minimum atomic E-state index is 0.00660. The average Bonchev–Trinajstić information content (AvgIpc) is 3.32. The summed E-state index contributed by atoms with van der Waals surface area (Å²) in [5.74, 6) is 1.61. The van der Waals surface area contributed by atoms with Gasteiger partial charge < -0.3 is 8.83 Å². The summed E-state index contributed by atoms with van der Waals surface area (Å²) >= 11 is 0. The first-order valence-corrected chi connectivity index (χ1v) is 12.5. The van der Waals surface area contributed by atoms with Crippen LogP contribution < -0.4 is 0 Å². The molecule has 0 spiro atoms. The Morgan fingerprint density at radius 1 is 0.829 bits per heavy atom. The van der Waals surface area contributed by atoms with Gasteiger partial charge in [0.15, 0.2) is 0 Å². The number of pyridine rings is 1. The van der Waals surface area contributed by atoms with E-state index in [-0.39, 0.29) is 5.41 Å². The van der Waals surface area contributed by atoms with Gasteiger partial charge in [-0.15, -0.1) is 0 Å². The smallest absolute Gasteiger partial charge is 0.139 e. The normalized spacial score (nSPS) is 12.7. The van der Waals surface area contributed by atoms with E-state index in [0.29, 0.717) is 5.92 Å². The van der Waals surface area contributed by atoms with Gasteiger partial charge in [-0.1, -0.05) is 58.9 Å². The van der Waals surface area contributed by atoms with Gasteiger partial charge in [0.25, 0.3) is 0 Å². The Morgan fingerprint density at radius 2 is 1.57 bits per heavy atom. The van der Waals surface area contributed by atoms with Crippen LogP contribution in [0.4, 0.5) is 0 Å². The fourth-order valence-electron chi connectivity index (χ4n) is 5.34. The molecule has 0 amide bonds. The van der Waals surface area contributed by atoms with Gasteiger partial charge in [-0.2, -0.15) is 0 Å².